The van der Waals surface area contributed by atoms with Crippen LogP contribution in [-0.2, 0) is 6.54 Å². The van der Waals surface area contributed by atoms with Gasteiger partial charge in [0.25, 0.3) is 0 Å². The molecule has 4 N–H and O–H groups in total. The molecule has 0 unspecified atom stereocenters. The first kappa shape index (κ1) is 21.5. The molecule has 0 aliphatic carbocycles. The average Bonchev–Trinajstić information content (AvgIpc) is 3.50. The molecule has 0 radical (unpaired) electrons. The first-order chi connectivity index (χ1) is 17.2. The van der Waals surface area contributed by atoms with E-state index in [1.807, 2.05) is 48.5 Å². The van der Waals surface area contributed by atoms with Gasteiger partial charge in [-0.15, -0.1) is 0 Å². The zero-order chi connectivity index (χ0) is 23.8. The molecule has 8 heteroatoms. The summed E-state index contributed by atoms with van der Waals surface area (Å²) >= 11 is 0. The Kier molecular flexibility index (Phi) is 5.50. The Morgan fingerprint density at radius 2 is 2.00 bits per heavy atom. The number of benzene rings is 2. The molecule has 2 aromatic carbocycles. The van der Waals surface area contributed by atoms with Crippen LogP contribution in [0.5, 0.6) is 5.75 Å². The number of ether oxygens (including phenoxy) is 1. The van der Waals surface area contributed by atoms with Crippen molar-refractivity contribution < 1.29 is 9.15 Å². The lowest BCUT2D eigenvalue weighted by Gasteiger charge is -2.23. The molecule has 35 heavy (non-hydrogen) atoms. The second-order valence-electron chi connectivity index (χ2n) is 8.88. The number of para-hydroxylation sites is 1. The molecular weight excluding hydrogens is 440 g/mol. The fraction of sp³-hybridized carbons (Fsp3) is 0.259. The van der Waals surface area contributed by atoms with E-state index in [0.29, 0.717) is 18.4 Å². The van der Waals surface area contributed by atoms with E-state index < -0.39 is 0 Å². The second kappa shape index (κ2) is 8.96. The first-order valence-corrected chi connectivity index (χ1v) is 11.9. The summed E-state index contributed by atoms with van der Waals surface area (Å²) in [5, 5.41) is 13.9. The number of hydrogen-bond acceptors (Lipinski definition) is 7. The molecule has 1 aliphatic rings. The number of aromatic nitrogens is 3. The van der Waals surface area contributed by atoms with E-state index in [-0.39, 0.29) is 0 Å². The van der Waals surface area contributed by atoms with Gasteiger partial charge < -0.3 is 25.5 Å². The summed E-state index contributed by atoms with van der Waals surface area (Å²) in [5.74, 6) is 2.08. The summed E-state index contributed by atoms with van der Waals surface area (Å²) in [7, 11) is 1.67. The van der Waals surface area contributed by atoms with Crippen LogP contribution >= 0.6 is 0 Å². The third-order valence-electron chi connectivity index (χ3n) is 6.71. The molecule has 5 aromatic rings. The summed E-state index contributed by atoms with van der Waals surface area (Å²) < 4.78 is 13.8. The van der Waals surface area contributed by atoms with Crippen molar-refractivity contribution in [2.24, 2.45) is 0 Å². The van der Waals surface area contributed by atoms with Crippen LogP contribution in [-0.4, -0.2) is 35.0 Å². The van der Waals surface area contributed by atoms with Crippen LogP contribution in [0.1, 0.15) is 24.6 Å². The molecule has 0 saturated carbocycles. The van der Waals surface area contributed by atoms with Crippen molar-refractivity contribution in [3.63, 3.8) is 0 Å². The molecule has 3 aromatic heterocycles. The standard InChI is InChI=1S/C27H28N6O2/c1-34-24-15-18(6-7-21(24)31-16-20-14-17-4-2-3-5-23(17)35-20)26-25-22(10-13-30-27(25)28)33(32-26)19-8-11-29-12-9-19/h2-7,10,13-15,19,29,31H,8-9,11-12,16H2,1H3,(H2,28,30). The highest BCUT2D eigenvalue weighted by atomic mass is 16.5. The summed E-state index contributed by atoms with van der Waals surface area (Å²) in [6.07, 6.45) is 3.82. The number of fused-ring (bicyclic) bond motifs is 2. The highest BCUT2D eigenvalue weighted by Crippen LogP contribution is 2.37. The summed E-state index contributed by atoms with van der Waals surface area (Å²) in [6, 6.07) is 18.5. The number of nitrogens with one attached hydrogen (secondary N) is 2. The Bertz CT molecular complexity index is 1470. The number of methoxy groups -OCH3 is 1. The van der Waals surface area contributed by atoms with E-state index in [2.05, 4.69) is 26.4 Å². The van der Waals surface area contributed by atoms with Gasteiger partial charge in [-0.3, -0.25) is 4.68 Å². The Morgan fingerprint density at radius 1 is 1.14 bits per heavy atom. The number of nitrogen functional groups attached to an aromatic ring is 1. The largest absolute Gasteiger partial charge is 0.495 e. The number of furan rings is 1. The number of piperidine rings is 1. The van der Waals surface area contributed by atoms with E-state index in [0.717, 1.165) is 76.3 Å². The van der Waals surface area contributed by atoms with Gasteiger partial charge >= 0.3 is 0 Å². The highest BCUT2D eigenvalue weighted by Gasteiger charge is 2.23. The molecule has 4 heterocycles. The van der Waals surface area contributed by atoms with Gasteiger partial charge in [-0.25, -0.2) is 4.98 Å². The molecule has 0 bridgehead atoms. The third kappa shape index (κ3) is 3.95. The fourth-order valence-electron chi connectivity index (χ4n) is 4.93. The van der Waals surface area contributed by atoms with Crippen LogP contribution in [0.4, 0.5) is 11.5 Å². The third-order valence-corrected chi connectivity index (χ3v) is 6.71. The van der Waals surface area contributed by atoms with Gasteiger partial charge in [0.05, 0.1) is 36.3 Å². The Morgan fingerprint density at radius 3 is 2.83 bits per heavy atom. The van der Waals surface area contributed by atoms with Gasteiger partial charge in [0.15, 0.2) is 0 Å². The molecule has 178 valence electrons. The van der Waals surface area contributed by atoms with Crippen molar-refractivity contribution in [1.29, 1.82) is 0 Å². The summed E-state index contributed by atoms with van der Waals surface area (Å²) in [4.78, 5) is 4.35. The quantitative estimate of drug-likeness (QED) is 0.323. The number of pyridine rings is 1. The van der Waals surface area contributed by atoms with Crippen molar-refractivity contribution in [3.05, 3.63) is 66.6 Å². The van der Waals surface area contributed by atoms with E-state index >= 15 is 0 Å². The van der Waals surface area contributed by atoms with Crippen LogP contribution in [0.3, 0.4) is 0 Å². The molecule has 0 amide bonds. The average molecular weight is 469 g/mol. The van der Waals surface area contributed by atoms with E-state index in [1.54, 1.807) is 13.3 Å². The predicted octanol–water partition coefficient (Wildman–Crippen LogP) is 4.97. The van der Waals surface area contributed by atoms with Gasteiger partial charge in [-0.1, -0.05) is 24.3 Å². The van der Waals surface area contributed by atoms with E-state index in [1.165, 1.54) is 0 Å². The number of hydrogen-bond donors (Lipinski definition) is 3. The predicted molar refractivity (Wildman–Crippen MR) is 139 cm³/mol. The maximum atomic E-state index is 6.35. The van der Waals surface area contributed by atoms with Crippen LogP contribution in [0, 0.1) is 0 Å². The smallest absolute Gasteiger partial charge is 0.142 e. The number of nitrogens with zero attached hydrogens (tertiary/aromatic N) is 3. The Hall–Kier alpha value is -4.04. The lowest BCUT2D eigenvalue weighted by atomic mass is 10.1. The minimum Gasteiger partial charge on any atom is -0.495 e. The van der Waals surface area contributed by atoms with Gasteiger partial charge in [0.2, 0.25) is 0 Å². The number of rotatable bonds is 6. The van der Waals surface area contributed by atoms with Crippen LogP contribution < -0.4 is 21.1 Å². The SMILES string of the molecule is COc1cc(-c2nn(C3CCNCC3)c3ccnc(N)c23)ccc1NCc1cc2ccccc2o1. The molecular formula is C27H28N6O2. The Balaban J connectivity index is 1.33. The molecule has 0 atom stereocenters. The minimum absolute atomic E-state index is 0.334. The van der Waals surface area contributed by atoms with Crippen molar-refractivity contribution in [2.45, 2.75) is 25.4 Å². The van der Waals surface area contributed by atoms with Crippen molar-refractivity contribution >= 4 is 33.4 Å². The molecule has 0 spiro atoms. The molecule has 1 aliphatic heterocycles. The summed E-state index contributed by atoms with van der Waals surface area (Å²) in [5.41, 5.74) is 10.9. The molecule has 1 fully saturated rings. The van der Waals surface area contributed by atoms with Crippen molar-refractivity contribution in [2.75, 3.05) is 31.2 Å². The first-order valence-electron chi connectivity index (χ1n) is 11.9. The lowest BCUT2D eigenvalue weighted by molar-refractivity contribution is 0.352. The summed E-state index contributed by atoms with van der Waals surface area (Å²) in [6.45, 7) is 2.53. The zero-order valence-electron chi connectivity index (χ0n) is 19.6. The van der Waals surface area contributed by atoms with Crippen LogP contribution in [0.2, 0.25) is 0 Å². The van der Waals surface area contributed by atoms with E-state index in [4.69, 9.17) is 20.0 Å². The normalized spacial score (nSPS) is 14.5. The minimum atomic E-state index is 0.334. The van der Waals surface area contributed by atoms with Crippen molar-refractivity contribution in [3.8, 4) is 17.0 Å². The molecule has 6 rings (SSSR count). The second-order valence-corrected chi connectivity index (χ2v) is 8.88. The van der Waals surface area contributed by atoms with Crippen LogP contribution in [0.25, 0.3) is 33.1 Å². The Labute approximate surface area is 203 Å². The number of anilines is 2. The van der Waals surface area contributed by atoms with Gasteiger partial charge in [-0.2, -0.15) is 5.10 Å². The maximum Gasteiger partial charge on any atom is 0.142 e. The van der Waals surface area contributed by atoms with Gasteiger partial charge in [0, 0.05) is 17.1 Å². The maximum absolute atomic E-state index is 6.35. The van der Waals surface area contributed by atoms with Gasteiger partial charge in [-0.05, 0) is 56.3 Å². The molecule has 1 saturated heterocycles. The molecule has 8 nitrogen and oxygen atoms in total. The number of nitrogens with two attached hydrogens (primary N) is 1. The van der Waals surface area contributed by atoms with E-state index in [9.17, 15) is 0 Å². The monoisotopic (exact) mass is 468 g/mol. The fourth-order valence-corrected chi connectivity index (χ4v) is 4.93. The lowest BCUT2D eigenvalue weighted by Crippen LogP contribution is -2.29. The zero-order valence-corrected chi connectivity index (χ0v) is 19.6. The van der Waals surface area contributed by atoms with Crippen molar-refractivity contribution in [1.82, 2.24) is 20.1 Å². The highest BCUT2D eigenvalue weighted by molar-refractivity contribution is 6.00. The van der Waals surface area contributed by atoms with Gasteiger partial charge in [0.1, 0.15) is 28.6 Å². The topological polar surface area (TPSA) is 103 Å². The van der Waals surface area contributed by atoms with Crippen LogP contribution in [0.15, 0.2) is 65.2 Å².